The van der Waals surface area contributed by atoms with Crippen molar-refractivity contribution in [3.63, 3.8) is 0 Å². The SMILES string of the molecule is CCCNCCCCn1cc(Br)cc(Br)c1=O. The van der Waals surface area contributed by atoms with Gasteiger partial charge in [0, 0.05) is 17.2 Å². The first-order valence-corrected chi connectivity index (χ1v) is 7.50. The highest BCUT2D eigenvalue weighted by Crippen LogP contribution is 2.13. The van der Waals surface area contributed by atoms with Crippen LogP contribution in [0.1, 0.15) is 26.2 Å². The summed E-state index contributed by atoms with van der Waals surface area (Å²) < 4.78 is 3.28. The molecular formula is C12H18Br2N2O. The van der Waals surface area contributed by atoms with Crippen LogP contribution in [0.4, 0.5) is 0 Å². The summed E-state index contributed by atoms with van der Waals surface area (Å²) in [6.45, 7) is 5.02. The molecule has 0 fully saturated rings. The molecule has 1 heterocycles. The van der Waals surface area contributed by atoms with E-state index in [1.54, 1.807) is 10.6 Å². The summed E-state index contributed by atoms with van der Waals surface area (Å²) in [6.07, 6.45) is 5.11. The van der Waals surface area contributed by atoms with Gasteiger partial charge in [0.1, 0.15) is 0 Å². The zero-order valence-electron chi connectivity index (χ0n) is 10.0. The van der Waals surface area contributed by atoms with E-state index in [1.165, 1.54) is 0 Å². The maximum Gasteiger partial charge on any atom is 0.264 e. The fraction of sp³-hybridized carbons (Fsp3) is 0.583. The van der Waals surface area contributed by atoms with E-state index in [-0.39, 0.29) is 5.56 Å². The summed E-state index contributed by atoms with van der Waals surface area (Å²) >= 11 is 6.65. The van der Waals surface area contributed by atoms with Gasteiger partial charge in [-0.1, -0.05) is 6.92 Å². The largest absolute Gasteiger partial charge is 0.317 e. The molecule has 0 saturated heterocycles. The summed E-state index contributed by atoms with van der Waals surface area (Å²) in [7, 11) is 0. The molecule has 0 unspecified atom stereocenters. The fourth-order valence-corrected chi connectivity index (χ4v) is 2.82. The van der Waals surface area contributed by atoms with Crippen LogP contribution in [0.3, 0.4) is 0 Å². The molecule has 0 aromatic carbocycles. The lowest BCUT2D eigenvalue weighted by Crippen LogP contribution is -2.21. The van der Waals surface area contributed by atoms with Gasteiger partial charge >= 0.3 is 0 Å². The highest BCUT2D eigenvalue weighted by molar-refractivity contribution is 9.11. The van der Waals surface area contributed by atoms with Crippen molar-refractivity contribution < 1.29 is 0 Å². The third kappa shape index (κ3) is 5.36. The van der Waals surface area contributed by atoms with Gasteiger partial charge in [0.15, 0.2) is 0 Å². The minimum atomic E-state index is 0.0368. The maximum atomic E-state index is 11.8. The first kappa shape index (κ1) is 14.9. The summed E-state index contributed by atoms with van der Waals surface area (Å²) in [5.41, 5.74) is 0.0368. The van der Waals surface area contributed by atoms with E-state index >= 15 is 0 Å². The molecular weight excluding hydrogens is 348 g/mol. The number of aryl methyl sites for hydroxylation is 1. The Hall–Kier alpha value is -0.130. The van der Waals surface area contributed by atoms with Crippen molar-refractivity contribution in [3.8, 4) is 0 Å². The Kier molecular flexibility index (Phi) is 7.08. The number of nitrogens with one attached hydrogen (secondary N) is 1. The lowest BCUT2D eigenvalue weighted by atomic mass is 10.3. The van der Waals surface area contributed by atoms with Gasteiger partial charge < -0.3 is 9.88 Å². The lowest BCUT2D eigenvalue weighted by Gasteiger charge is -2.07. The topological polar surface area (TPSA) is 34.0 Å². The van der Waals surface area contributed by atoms with E-state index in [0.29, 0.717) is 4.47 Å². The van der Waals surface area contributed by atoms with E-state index in [0.717, 1.165) is 43.4 Å². The minimum absolute atomic E-state index is 0.0368. The van der Waals surface area contributed by atoms with Crippen LogP contribution in [-0.4, -0.2) is 17.7 Å². The second-order valence-electron chi connectivity index (χ2n) is 3.96. The van der Waals surface area contributed by atoms with Gasteiger partial charge in [-0.2, -0.15) is 0 Å². The molecule has 0 spiro atoms. The van der Waals surface area contributed by atoms with Crippen molar-refractivity contribution in [1.82, 2.24) is 9.88 Å². The molecule has 0 amide bonds. The maximum absolute atomic E-state index is 11.8. The van der Waals surface area contributed by atoms with E-state index in [1.807, 2.05) is 6.20 Å². The number of hydrogen-bond acceptors (Lipinski definition) is 2. The van der Waals surface area contributed by atoms with Crippen molar-refractivity contribution in [2.24, 2.45) is 0 Å². The fourth-order valence-electron chi connectivity index (χ4n) is 1.56. The molecule has 0 radical (unpaired) electrons. The highest BCUT2D eigenvalue weighted by atomic mass is 79.9. The molecule has 3 nitrogen and oxygen atoms in total. The monoisotopic (exact) mass is 364 g/mol. The zero-order chi connectivity index (χ0) is 12.7. The van der Waals surface area contributed by atoms with E-state index in [9.17, 15) is 4.79 Å². The number of aromatic nitrogens is 1. The summed E-state index contributed by atoms with van der Waals surface area (Å²) in [5.74, 6) is 0. The van der Waals surface area contributed by atoms with Crippen molar-refractivity contribution in [3.05, 3.63) is 31.6 Å². The third-order valence-electron chi connectivity index (χ3n) is 2.44. The number of halogens is 2. The van der Waals surface area contributed by atoms with Crippen LogP contribution < -0.4 is 10.9 Å². The normalized spacial score (nSPS) is 10.8. The first-order chi connectivity index (χ1) is 8.15. The molecule has 0 aliphatic rings. The predicted octanol–water partition coefficient (Wildman–Crippen LogP) is 3.15. The second kappa shape index (κ2) is 8.06. The third-order valence-corrected chi connectivity index (χ3v) is 3.44. The Morgan fingerprint density at radius 2 is 2.06 bits per heavy atom. The van der Waals surface area contributed by atoms with E-state index in [4.69, 9.17) is 0 Å². The number of unbranched alkanes of at least 4 members (excludes halogenated alkanes) is 1. The van der Waals surface area contributed by atoms with Gasteiger partial charge in [0.25, 0.3) is 5.56 Å². The van der Waals surface area contributed by atoms with Crippen molar-refractivity contribution in [2.45, 2.75) is 32.7 Å². The molecule has 96 valence electrons. The molecule has 0 saturated carbocycles. The Bertz CT molecular complexity index is 404. The summed E-state index contributed by atoms with van der Waals surface area (Å²) in [5, 5.41) is 3.35. The van der Waals surface area contributed by atoms with Crippen LogP contribution in [0.15, 0.2) is 26.0 Å². The van der Waals surface area contributed by atoms with Gasteiger partial charge in [-0.25, -0.2) is 0 Å². The van der Waals surface area contributed by atoms with Gasteiger partial charge in [-0.3, -0.25) is 4.79 Å². The molecule has 0 bridgehead atoms. The van der Waals surface area contributed by atoms with Crippen LogP contribution in [-0.2, 0) is 6.54 Å². The Morgan fingerprint density at radius 3 is 2.76 bits per heavy atom. The molecule has 17 heavy (non-hydrogen) atoms. The average molecular weight is 366 g/mol. The number of pyridine rings is 1. The smallest absolute Gasteiger partial charge is 0.264 e. The van der Waals surface area contributed by atoms with Crippen LogP contribution >= 0.6 is 31.9 Å². The molecule has 0 aliphatic carbocycles. The Morgan fingerprint density at radius 1 is 1.29 bits per heavy atom. The predicted molar refractivity (Wildman–Crippen MR) is 78.5 cm³/mol. The molecule has 5 heteroatoms. The van der Waals surface area contributed by atoms with Crippen molar-refractivity contribution in [1.29, 1.82) is 0 Å². The summed E-state index contributed by atoms with van der Waals surface area (Å²) in [4.78, 5) is 11.8. The molecule has 1 N–H and O–H groups in total. The van der Waals surface area contributed by atoms with Crippen LogP contribution in [0, 0.1) is 0 Å². The van der Waals surface area contributed by atoms with Gasteiger partial charge in [-0.15, -0.1) is 0 Å². The molecule has 1 rings (SSSR count). The average Bonchev–Trinajstić information content (AvgIpc) is 2.29. The summed E-state index contributed by atoms with van der Waals surface area (Å²) in [6, 6.07) is 1.78. The highest BCUT2D eigenvalue weighted by Gasteiger charge is 2.02. The first-order valence-electron chi connectivity index (χ1n) is 5.91. The standard InChI is InChI=1S/C12H18Br2N2O/c1-2-5-15-6-3-4-7-16-9-10(13)8-11(14)12(16)17/h8-9,15H,2-7H2,1H3. The van der Waals surface area contributed by atoms with Crippen LogP contribution in [0.5, 0.6) is 0 Å². The Balaban J connectivity index is 2.39. The van der Waals surface area contributed by atoms with Crippen LogP contribution in [0.25, 0.3) is 0 Å². The van der Waals surface area contributed by atoms with Crippen molar-refractivity contribution in [2.75, 3.05) is 13.1 Å². The second-order valence-corrected chi connectivity index (χ2v) is 5.73. The van der Waals surface area contributed by atoms with E-state index in [2.05, 4.69) is 44.1 Å². The minimum Gasteiger partial charge on any atom is -0.317 e. The van der Waals surface area contributed by atoms with E-state index < -0.39 is 0 Å². The van der Waals surface area contributed by atoms with Crippen molar-refractivity contribution >= 4 is 31.9 Å². The molecule has 1 aromatic rings. The number of hydrogen-bond donors (Lipinski definition) is 1. The number of nitrogens with zero attached hydrogens (tertiary/aromatic N) is 1. The lowest BCUT2D eigenvalue weighted by molar-refractivity contribution is 0.556. The van der Waals surface area contributed by atoms with Gasteiger partial charge in [0.2, 0.25) is 0 Å². The Labute approximate surface area is 119 Å². The van der Waals surface area contributed by atoms with Crippen LogP contribution in [0.2, 0.25) is 0 Å². The molecule has 0 aliphatic heterocycles. The quantitative estimate of drug-likeness (QED) is 0.753. The van der Waals surface area contributed by atoms with Gasteiger partial charge in [-0.05, 0) is 70.3 Å². The number of rotatable bonds is 7. The zero-order valence-corrected chi connectivity index (χ0v) is 13.2. The molecule has 1 aromatic heterocycles. The molecule has 0 atom stereocenters. The van der Waals surface area contributed by atoms with Gasteiger partial charge in [0.05, 0.1) is 4.47 Å².